The molecule has 0 unspecified atom stereocenters. The summed E-state index contributed by atoms with van der Waals surface area (Å²) in [5.41, 5.74) is 8.64. The van der Waals surface area contributed by atoms with Crippen molar-refractivity contribution in [2.24, 2.45) is 10.8 Å². The van der Waals surface area contributed by atoms with Gasteiger partial charge in [-0.15, -0.1) is 0 Å². The second-order valence-electron chi connectivity index (χ2n) is 6.32. The Bertz CT molecular complexity index is 1070. The maximum atomic E-state index is 12.7. The Hall–Kier alpha value is -3.61. The number of aromatic hydroxyl groups is 1. The maximum Gasteiger partial charge on any atom is 0.343 e. The summed E-state index contributed by atoms with van der Waals surface area (Å²) in [6.07, 6.45) is 0.834. The quantitative estimate of drug-likeness (QED) is 0.345. The van der Waals surface area contributed by atoms with Crippen LogP contribution in [0.15, 0.2) is 68.9 Å². The van der Waals surface area contributed by atoms with E-state index in [0.717, 1.165) is 5.56 Å². The van der Waals surface area contributed by atoms with Gasteiger partial charge in [-0.2, -0.15) is 5.10 Å². The minimum absolute atomic E-state index is 0.112. The predicted molar refractivity (Wildman–Crippen MR) is 107 cm³/mol. The van der Waals surface area contributed by atoms with E-state index in [0.29, 0.717) is 29.5 Å². The number of nitrogens with zero attached hydrogens (tertiary/aromatic N) is 1. The van der Waals surface area contributed by atoms with Crippen LogP contribution in [0.25, 0.3) is 11.0 Å². The number of hydrazone groups is 1. The van der Waals surface area contributed by atoms with Crippen molar-refractivity contribution in [2.75, 3.05) is 0 Å². The molecule has 0 aliphatic rings. The van der Waals surface area contributed by atoms with Crippen LogP contribution in [0.5, 0.6) is 5.75 Å². The Kier molecular flexibility index (Phi) is 5.74. The van der Waals surface area contributed by atoms with Crippen molar-refractivity contribution >= 4 is 22.7 Å². The van der Waals surface area contributed by atoms with E-state index >= 15 is 0 Å². The zero-order valence-electron chi connectivity index (χ0n) is 15.4. The number of benzene rings is 2. The Labute approximate surface area is 161 Å². The first-order chi connectivity index (χ1) is 13.5. The van der Waals surface area contributed by atoms with Gasteiger partial charge in [0, 0.05) is 11.6 Å². The van der Waals surface area contributed by atoms with Crippen LogP contribution in [0.1, 0.15) is 36.8 Å². The molecule has 3 rings (SSSR count). The van der Waals surface area contributed by atoms with Crippen molar-refractivity contribution in [2.45, 2.75) is 25.7 Å². The van der Waals surface area contributed by atoms with Crippen LogP contribution in [-0.4, -0.2) is 16.8 Å². The van der Waals surface area contributed by atoms with Crippen molar-refractivity contribution in [1.82, 2.24) is 5.43 Å². The summed E-state index contributed by atoms with van der Waals surface area (Å²) < 4.78 is 5.44. The van der Waals surface area contributed by atoms with Gasteiger partial charge in [0.05, 0.1) is 10.9 Å². The number of amides is 2. The predicted octanol–water partition coefficient (Wildman–Crippen LogP) is 3.45. The molecular weight excluding hydrogens is 358 g/mol. The molecule has 0 radical (unpaired) electrons. The molecule has 1 aromatic heterocycles. The highest BCUT2D eigenvalue weighted by Crippen LogP contribution is 2.36. The average molecular weight is 379 g/mol. The molecule has 1 atom stereocenters. The summed E-state index contributed by atoms with van der Waals surface area (Å²) in [6.45, 7) is 1.88. The van der Waals surface area contributed by atoms with Crippen LogP contribution in [-0.2, 0) is 0 Å². The molecule has 0 saturated carbocycles. The first-order valence-corrected chi connectivity index (χ1v) is 8.91. The molecule has 0 aliphatic carbocycles. The number of para-hydroxylation sites is 1. The van der Waals surface area contributed by atoms with E-state index < -0.39 is 17.6 Å². The third kappa shape index (κ3) is 4.03. The lowest BCUT2D eigenvalue weighted by atomic mass is 9.86. The van der Waals surface area contributed by atoms with Gasteiger partial charge in [-0.3, -0.25) is 0 Å². The number of carbonyl (C=O) groups excluding carboxylic acids is 1. The van der Waals surface area contributed by atoms with Gasteiger partial charge in [-0.25, -0.2) is 15.0 Å². The molecule has 3 aromatic rings. The van der Waals surface area contributed by atoms with Gasteiger partial charge in [0.25, 0.3) is 0 Å². The van der Waals surface area contributed by atoms with E-state index in [4.69, 9.17) is 10.2 Å². The number of nitrogens with two attached hydrogens (primary N) is 1. The van der Waals surface area contributed by atoms with Crippen LogP contribution in [0, 0.1) is 0 Å². The van der Waals surface area contributed by atoms with Gasteiger partial charge in [0.2, 0.25) is 0 Å². The van der Waals surface area contributed by atoms with E-state index in [1.165, 1.54) is 0 Å². The molecule has 0 bridgehead atoms. The van der Waals surface area contributed by atoms with Crippen LogP contribution in [0.3, 0.4) is 0 Å². The molecule has 28 heavy (non-hydrogen) atoms. The molecule has 2 amide bonds. The maximum absolute atomic E-state index is 12.7. The molecule has 0 spiro atoms. The minimum atomic E-state index is -0.768. The average Bonchev–Trinajstić information content (AvgIpc) is 2.70. The van der Waals surface area contributed by atoms with E-state index in [9.17, 15) is 14.7 Å². The standard InChI is InChI=1S/C21H21N3O4/c1-2-14(23-24-21(22)27)12-16(13-8-4-3-5-9-13)18-19(25)15-10-6-7-11-17(15)28-20(18)26/h3-11,16,25H,2,12H2,1H3,(H3,22,24,27)/b23-14-/t16-/m0/s1. The van der Waals surface area contributed by atoms with Crippen molar-refractivity contribution in [3.8, 4) is 5.75 Å². The summed E-state index contributed by atoms with van der Waals surface area (Å²) in [6, 6.07) is 15.4. The Balaban J connectivity index is 2.15. The number of urea groups is 1. The molecule has 0 aliphatic heterocycles. The highest BCUT2D eigenvalue weighted by molar-refractivity contribution is 5.88. The fraction of sp³-hybridized carbons (Fsp3) is 0.190. The van der Waals surface area contributed by atoms with Crippen LogP contribution in [0.2, 0.25) is 0 Å². The Morgan fingerprint density at radius 3 is 2.54 bits per heavy atom. The number of fused-ring (bicyclic) bond motifs is 1. The first kappa shape index (κ1) is 19.2. The Morgan fingerprint density at radius 1 is 1.18 bits per heavy atom. The largest absolute Gasteiger partial charge is 0.507 e. The molecule has 7 heteroatoms. The minimum Gasteiger partial charge on any atom is -0.507 e. The third-order valence-corrected chi connectivity index (χ3v) is 4.54. The van der Waals surface area contributed by atoms with Crippen LogP contribution < -0.4 is 16.8 Å². The van der Waals surface area contributed by atoms with Crippen molar-refractivity contribution in [1.29, 1.82) is 0 Å². The number of nitrogens with one attached hydrogen (secondary N) is 1. The SMILES string of the molecule is CC/C(C[C@@H](c1ccccc1)c1c(O)c2ccccc2oc1=O)=N/NC(N)=O. The summed E-state index contributed by atoms with van der Waals surface area (Å²) in [4.78, 5) is 23.7. The summed E-state index contributed by atoms with van der Waals surface area (Å²) in [7, 11) is 0. The number of hydrogen-bond donors (Lipinski definition) is 3. The molecule has 7 nitrogen and oxygen atoms in total. The van der Waals surface area contributed by atoms with E-state index in [-0.39, 0.29) is 11.3 Å². The van der Waals surface area contributed by atoms with Crippen molar-refractivity contribution in [3.05, 3.63) is 76.1 Å². The number of primary amides is 1. The number of hydrogen-bond acceptors (Lipinski definition) is 5. The van der Waals surface area contributed by atoms with E-state index in [1.54, 1.807) is 24.3 Å². The lowest BCUT2D eigenvalue weighted by molar-refractivity contribution is 0.249. The zero-order chi connectivity index (χ0) is 20.1. The number of carbonyl (C=O) groups is 1. The van der Waals surface area contributed by atoms with Crippen molar-refractivity contribution < 1.29 is 14.3 Å². The summed E-state index contributed by atoms with van der Waals surface area (Å²) in [5, 5.41) is 15.4. The Morgan fingerprint density at radius 2 is 1.86 bits per heavy atom. The fourth-order valence-electron chi connectivity index (χ4n) is 3.17. The molecule has 0 saturated heterocycles. The second-order valence-corrected chi connectivity index (χ2v) is 6.32. The summed E-state index contributed by atoms with van der Waals surface area (Å²) >= 11 is 0. The summed E-state index contributed by atoms with van der Waals surface area (Å²) in [5.74, 6) is -0.616. The van der Waals surface area contributed by atoms with Crippen LogP contribution in [0.4, 0.5) is 4.79 Å². The molecule has 2 aromatic carbocycles. The first-order valence-electron chi connectivity index (χ1n) is 8.91. The van der Waals surface area contributed by atoms with E-state index in [2.05, 4.69) is 10.5 Å². The van der Waals surface area contributed by atoms with Gasteiger partial charge in [0.15, 0.2) is 0 Å². The van der Waals surface area contributed by atoms with Gasteiger partial charge in [-0.05, 0) is 30.5 Å². The molecule has 0 fully saturated rings. The van der Waals surface area contributed by atoms with Crippen molar-refractivity contribution in [3.63, 3.8) is 0 Å². The third-order valence-electron chi connectivity index (χ3n) is 4.54. The monoisotopic (exact) mass is 379 g/mol. The smallest absolute Gasteiger partial charge is 0.343 e. The van der Waals surface area contributed by atoms with Crippen LogP contribution >= 0.6 is 0 Å². The highest BCUT2D eigenvalue weighted by Gasteiger charge is 2.26. The van der Waals surface area contributed by atoms with E-state index in [1.807, 2.05) is 37.3 Å². The highest BCUT2D eigenvalue weighted by atomic mass is 16.4. The lowest BCUT2D eigenvalue weighted by Gasteiger charge is -2.19. The van der Waals surface area contributed by atoms with Gasteiger partial charge >= 0.3 is 11.7 Å². The normalized spacial score (nSPS) is 12.7. The topological polar surface area (TPSA) is 118 Å². The molecule has 1 heterocycles. The fourth-order valence-corrected chi connectivity index (χ4v) is 3.17. The van der Waals surface area contributed by atoms with Gasteiger partial charge in [0.1, 0.15) is 11.3 Å². The molecular formula is C21H21N3O4. The number of rotatable bonds is 6. The molecule has 144 valence electrons. The second kappa shape index (κ2) is 8.39. The molecule has 4 N–H and O–H groups in total. The zero-order valence-corrected chi connectivity index (χ0v) is 15.4. The lowest BCUT2D eigenvalue weighted by Crippen LogP contribution is -2.26. The van der Waals surface area contributed by atoms with Gasteiger partial charge < -0.3 is 15.3 Å². The van der Waals surface area contributed by atoms with Gasteiger partial charge in [-0.1, -0.05) is 49.4 Å².